The molecular weight excluding hydrogens is 169 g/mol. The Labute approximate surface area is 68.1 Å². The van der Waals surface area contributed by atoms with Gasteiger partial charge in [-0.15, -0.1) is 0 Å². The summed E-state index contributed by atoms with van der Waals surface area (Å²) in [6, 6.07) is 0. The van der Waals surface area contributed by atoms with E-state index in [2.05, 4.69) is 9.05 Å². The van der Waals surface area contributed by atoms with Crippen LogP contribution in [-0.2, 0) is 13.6 Å². The minimum Gasteiger partial charge on any atom is -0.308 e. The maximum Gasteiger partial charge on any atom is 0.476 e. The van der Waals surface area contributed by atoms with Crippen LogP contribution >= 0.6 is 7.82 Å². The third-order valence-corrected chi connectivity index (χ3v) is 1.70. The molecule has 0 spiro atoms. The molecule has 0 saturated carbocycles. The molecule has 5 nitrogen and oxygen atoms in total. The van der Waals surface area contributed by atoms with Gasteiger partial charge in [-0.2, -0.15) is 0 Å². The van der Waals surface area contributed by atoms with Crippen molar-refractivity contribution in [3.63, 3.8) is 0 Å². The van der Waals surface area contributed by atoms with Crippen LogP contribution in [0.5, 0.6) is 0 Å². The fourth-order valence-corrected chi connectivity index (χ4v) is 0.846. The largest absolute Gasteiger partial charge is 0.476 e. The average molecular weight is 186 g/mol. The number of rotatable bonds is 4. The van der Waals surface area contributed by atoms with Gasteiger partial charge in [-0.25, -0.2) is 9.09 Å². The Bertz CT molecular complexity index is 186. The number of nitrogens with zero attached hydrogens (tertiary/aromatic N) is 1. The van der Waals surface area contributed by atoms with Gasteiger partial charge in [0.2, 0.25) is 0 Å². The van der Waals surface area contributed by atoms with Crippen LogP contribution < -0.4 is 0 Å². The van der Waals surface area contributed by atoms with Crippen molar-refractivity contribution in [2.75, 3.05) is 35.0 Å². The zero-order valence-corrected chi connectivity index (χ0v) is 7.88. The van der Waals surface area contributed by atoms with Crippen molar-refractivity contribution in [2.24, 2.45) is 0 Å². The summed E-state index contributed by atoms with van der Waals surface area (Å²) in [5.74, 6) is 0. The molecule has 0 fully saturated rings. The topological polar surface area (TPSA) is 55.8 Å². The summed E-state index contributed by atoms with van der Waals surface area (Å²) < 4.78 is 26.8. The summed E-state index contributed by atoms with van der Waals surface area (Å²) in [7, 11) is 0.712. The standard InChI is InChI=1S/C5H14NO4P/c1-6(2,3)5-10-11(7,8)9-4/h5H2,1-4H3/p+1/i1T. The Hall–Kier alpha value is 0.0700. The minimum absolute atomic E-state index is 0.0227. The molecule has 0 heterocycles. The van der Waals surface area contributed by atoms with Gasteiger partial charge < -0.3 is 9.38 Å². The minimum atomic E-state index is -3.88. The highest BCUT2D eigenvalue weighted by Gasteiger charge is 2.22. The summed E-state index contributed by atoms with van der Waals surface area (Å²) in [5, 5.41) is 0. The number of hydrogen-bond donors (Lipinski definition) is 1. The lowest BCUT2D eigenvalue weighted by Gasteiger charge is -2.23. The SMILES string of the molecule is [3H]C[N+](C)(C)COP(=O)(O)OC. The normalized spacial score (nSPS) is 19.1. The average Bonchev–Trinajstić information content (AvgIpc) is 2.02. The van der Waals surface area contributed by atoms with E-state index in [1.54, 1.807) is 14.1 Å². The van der Waals surface area contributed by atoms with Crippen LogP contribution in [0.4, 0.5) is 0 Å². The van der Waals surface area contributed by atoms with Crippen LogP contribution in [0.2, 0.25) is 0 Å². The Kier molecular flexibility index (Phi) is 3.04. The van der Waals surface area contributed by atoms with Crippen LogP contribution in [0.1, 0.15) is 1.37 Å². The van der Waals surface area contributed by atoms with Gasteiger partial charge in [0, 0.05) is 7.11 Å². The first-order chi connectivity index (χ1) is 5.33. The molecule has 1 N–H and O–H groups in total. The first-order valence-corrected chi connectivity index (χ1v) is 4.47. The van der Waals surface area contributed by atoms with E-state index in [0.717, 1.165) is 7.11 Å². The van der Waals surface area contributed by atoms with E-state index in [1.165, 1.54) is 0 Å². The Balaban J connectivity index is 3.91. The highest BCUT2D eigenvalue weighted by atomic mass is 31.2. The van der Waals surface area contributed by atoms with Crippen molar-refractivity contribution in [1.82, 2.24) is 0 Å². The highest BCUT2D eigenvalue weighted by Crippen LogP contribution is 2.41. The molecule has 11 heavy (non-hydrogen) atoms. The molecule has 0 radical (unpaired) electrons. The second-order valence-corrected chi connectivity index (χ2v) is 4.41. The van der Waals surface area contributed by atoms with Gasteiger partial charge >= 0.3 is 7.82 Å². The van der Waals surface area contributed by atoms with Gasteiger partial charge in [0.15, 0.2) is 6.73 Å². The number of quaternary nitrogens is 1. The predicted octanol–water partition coefficient (Wildman–Crippen LogP) is 0.413. The lowest BCUT2D eigenvalue weighted by molar-refractivity contribution is -0.887. The predicted molar refractivity (Wildman–Crippen MR) is 40.8 cm³/mol. The fourth-order valence-electron chi connectivity index (χ4n) is 0.282. The molecule has 0 amide bonds. The number of phosphoric acid groups is 1. The molecule has 6 heteroatoms. The van der Waals surface area contributed by atoms with E-state index in [1.807, 2.05) is 0 Å². The fraction of sp³-hybridized carbons (Fsp3) is 1.00. The molecule has 0 aromatic heterocycles. The zero-order chi connectivity index (χ0) is 9.83. The molecule has 0 aliphatic rings. The van der Waals surface area contributed by atoms with E-state index in [4.69, 9.17) is 6.26 Å². The van der Waals surface area contributed by atoms with Crippen LogP contribution in [0.25, 0.3) is 0 Å². The maximum absolute atomic E-state index is 10.8. The van der Waals surface area contributed by atoms with Crippen molar-refractivity contribution in [1.29, 1.82) is 0 Å². The quantitative estimate of drug-likeness (QED) is 0.392. The summed E-state index contributed by atoms with van der Waals surface area (Å²) in [6.07, 6.45) is 0. The van der Waals surface area contributed by atoms with Gasteiger partial charge in [0.05, 0.1) is 22.5 Å². The van der Waals surface area contributed by atoms with Crippen LogP contribution in [0, 0.1) is 0 Å². The molecular formula is C5H15NO4P+. The molecule has 0 aromatic carbocycles. The second kappa shape index (κ2) is 3.65. The smallest absolute Gasteiger partial charge is 0.308 e. The van der Waals surface area contributed by atoms with E-state index >= 15 is 0 Å². The molecule has 0 saturated heterocycles. The van der Waals surface area contributed by atoms with Crippen molar-refractivity contribution in [3.8, 4) is 0 Å². The lowest BCUT2D eigenvalue weighted by Crippen LogP contribution is -2.36. The van der Waals surface area contributed by atoms with Gasteiger partial charge in [-0.1, -0.05) is 0 Å². The first kappa shape index (κ1) is 9.16. The monoisotopic (exact) mass is 186 g/mol. The lowest BCUT2D eigenvalue weighted by atomic mass is 10.7. The molecule has 0 aromatic rings. The molecule has 0 aliphatic heterocycles. The van der Waals surface area contributed by atoms with E-state index in [9.17, 15) is 4.57 Å². The maximum atomic E-state index is 10.8. The highest BCUT2D eigenvalue weighted by molar-refractivity contribution is 7.47. The summed E-state index contributed by atoms with van der Waals surface area (Å²) in [4.78, 5) is 8.82. The second-order valence-electron chi connectivity index (χ2n) is 2.85. The summed E-state index contributed by atoms with van der Waals surface area (Å²) in [5.41, 5.74) is 0. The zero-order valence-electron chi connectivity index (χ0n) is 7.98. The van der Waals surface area contributed by atoms with E-state index in [0.29, 0.717) is 0 Å². The Morgan fingerprint density at radius 2 is 2.27 bits per heavy atom. The van der Waals surface area contributed by atoms with Gasteiger partial charge in [-0.05, 0) is 0 Å². The molecule has 1 unspecified atom stereocenters. The van der Waals surface area contributed by atoms with Gasteiger partial charge in [-0.3, -0.25) is 4.52 Å². The van der Waals surface area contributed by atoms with Crippen molar-refractivity contribution < 1.29 is 24.4 Å². The van der Waals surface area contributed by atoms with E-state index < -0.39 is 7.82 Å². The number of hydrogen-bond acceptors (Lipinski definition) is 3. The van der Waals surface area contributed by atoms with E-state index in [-0.39, 0.29) is 18.2 Å². The molecule has 0 aliphatic carbocycles. The van der Waals surface area contributed by atoms with Crippen LogP contribution in [-0.4, -0.2) is 44.3 Å². The third kappa shape index (κ3) is 6.47. The first-order valence-electron chi connectivity index (χ1n) is 3.68. The summed E-state index contributed by atoms with van der Waals surface area (Å²) in [6.45, 7) is -0.0227. The molecule has 68 valence electrons. The van der Waals surface area contributed by atoms with Gasteiger partial charge in [0.25, 0.3) is 0 Å². The Morgan fingerprint density at radius 1 is 1.73 bits per heavy atom. The third-order valence-electron chi connectivity index (χ3n) is 0.801. The Morgan fingerprint density at radius 3 is 2.64 bits per heavy atom. The summed E-state index contributed by atoms with van der Waals surface area (Å²) >= 11 is 0. The van der Waals surface area contributed by atoms with Crippen LogP contribution in [0.3, 0.4) is 0 Å². The van der Waals surface area contributed by atoms with Crippen molar-refractivity contribution in [3.05, 3.63) is 0 Å². The number of phosphoric ester groups is 1. The van der Waals surface area contributed by atoms with Crippen LogP contribution in [0.15, 0.2) is 0 Å². The molecule has 0 bridgehead atoms. The van der Waals surface area contributed by atoms with Crippen molar-refractivity contribution in [2.45, 2.75) is 0 Å². The van der Waals surface area contributed by atoms with Crippen molar-refractivity contribution >= 4 is 7.82 Å². The van der Waals surface area contributed by atoms with Gasteiger partial charge in [0.1, 0.15) is 0 Å². The molecule has 1 atom stereocenters. The molecule has 0 rings (SSSR count).